The van der Waals surface area contributed by atoms with Crippen LogP contribution in [0.3, 0.4) is 0 Å². The second kappa shape index (κ2) is 12.4. The van der Waals surface area contributed by atoms with Gasteiger partial charge < -0.3 is 20.9 Å². The fraction of sp³-hybridized carbons (Fsp3) is 1.00. The number of aliphatic hydroxyl groups is 1. The summed E-state index contributed by atoms with van der Waals surface area (Å²) in [5.41, 5.74) is 5.70. The molecule has 3 atom stereocenters. The van der Waals surface area contributed by atoms with Crippen LogP contribution in [0, 0.1) is 0 Å². The summed E-state index contributed by atoms with van der Waals surface area (Å²) in [6.45, 7) is 4.47. The molecular formula is C17H36N2O2. The predicted molar refractivity (Wildman–Crippen MR) is 88.4 cm³/mol. The molecule has 4 nitrogen and oxygen atoms in total. The lowest BCUT2D eigenvalue weighted by atomic mass is 10.1. The highest BCUT2D eigenvalue weighted by Gasteiger charge is 2.32. The maximum absolute atomic E-state index is 9.74. The van der Waals surface area contributed by atoms with Gasteiger partial charge in [-0.3, -0.25) is 0 Å². The molecule has 0 bridgehead atoms. The van der Waals surface area contributed by atoms with Crippen LogP contribution < -0.4 is 11.1 Å². The second-order valence-electron chi connectivity index (χ2n) is 6.41. The van der Waals surface area contributed by atoms with Crippen LogP contribution in [0.1, 0.15) is 71.1 Å². The standard InChI is InChI=1S/C17H36N2O2/c1-2-3-4-5-6-7-8-9-10-11-12-19-13-16-17(20)15(18)14-21-16/h15-17,19-20H,2-14,18H2,1H3/t15-,16-,17-/m0/s1. The second-order valence-corrected chi connectivity index (χ2v) is 6.41. The average Bonchev–Trinajstić information content (AvgIpc) is 2.80. The van der Waals surface area contributed by atoms with E-state index in [1.807, 2.05) is 0 Å². The van der Waals surface area contributed by atoms with Crippen molar-refractivity contribution in [3.8, 4) is 0 Å². The molecule has 1 saturated heterocycles. The van der Waals surface area contributed by atoms with Crippen molar-refractivity contribution >= 4 is 0 Å². The van der Waals surface area contributed by atoms with E-state index < -0.39 is 6.10 Å². The molecule has 0 amide bonds. The minimum absolute atomic E-state index is 0.122. The molecule has 21 heavy (non-hydrogen) atoms. The Morgan fingerprint density at radius 2 is 1.57 bits per heavy atom. The van der Waals surface area contributed by atoms with E-state index in [-0.39, 0.29) is 12.1 Å². The number of ether oxygens (including phenoxy) is 1. The van der Waals surface area contributed by atoms with E-state index in [9.17, 15) is 5.11 Å². The van der Waals surface area contributed by atoms with Gasteiger partial charge in [0.05, 0.1) is 24.9 Å². The molecule has 1 aliphatic heterocycles. The molecule has 1 aliphatic rings. The molecule has 1 heterocycles. The van der Waals surface area contributed by atoms with Gasteiger partial charge in [-0.05, 0) is 13.0 Å². The molecule has 0 radical (unpaired) electrons. The number of nitrogens with one attached hydrogen (secondary N) is 1. The topological polar surface area (TPSA) is 67.5 Å². The van der Waals surface area contributed by atoms with Gasteiger partial charge in [-0.1, -0.05) is 64.7 Å². The van der Waals surface area contributed by atoms with E-state index in [4.69, 9.17) is 10.5 Å². The fourth-order valence-corrected chi connectivity index (χ4v) is 2.87. The molecule has 0 spiro atoms. The van der Waals surface area contributed by atoms with Gasteiger partial charge in [0.15, 0.2) is 0 Å². The Balaban J connectivity index is 1.77. The highest BCUT2D eigenvalue weighted by molar-refractivity contribution is 4.87. The highest BCUT2D eigenvalue weighted by Crippen LogP contribution is 2.12. The average molecular weight is 300 g/mol. The number of hydrogen-bond acceptors (Lipinski definition) is 4. The van der Waals surface area contributed by atoms with Gasteiger partial charge in [0.1, 0.15) is 0 Å². The van der Waals surface area contributed by atoms with Crippen molar-refractivity contribution in [3.05, 3.63) is 0 Å². The van der Waals surface area contributed by atoms with Gasteiger partial charge in [-0.2, -0.15) is 0 Å². The number of rotatable bonds is 13. The zero-order valence-electron chi connectivity index (χ0n) is 13.9. The van der Waals surface area contributed by atoms with Crippen LogP contribution >= 0.6 is 0 Å². The van der Waals surface area contributed by atoms with E-state index in [1.54, 1.807) is 0 Å². The Bertz CT molecular complexity index is 239. The maximum Gasteiger partial charge on any atom is 0.0987 e. The van der Waals surface area contributed by atoms with E-state index in [0.717, 1.165) is 6.54 Å². The van der Waals surface area contributed by atoms with Crippen LogP contribution in [0.4, 0.5) is 0 Å². The lowest BCUT2D eigenvalue weighted by Crippen LogP contribution is -2.41. The third kappa shape index (κ3) is 8.77. The first kappa shape index (κ1) is 18.9. The Morgan fingerprint density at radius 1 is 1.00 bits per heavy atom. The summed E-state index contributed by atoms with van der Waals surface area (Å²) in [6.07, 6.45) is 13.0. The highest BCUT2D eigenvalue weighted by atomic mass is 16.5. The van der Waals surface area contributed by atoms with Crippen LogP contribution in [0.2, 0.25) is 0 Å². The van der Waals surface area contributed by atoms with Gasteiger partial charge in [0, 0.05) is 6.54 Å². The van der Waals surface area contributed by atoms with Crippen molar-refractivity contribution in [1.29, 1.82) is 0 Å². The van der Waals surface area contributed by atoms with Crippen molar-refractivity contribution in [2.75, 3.05) is 19.7 Å². The lowest BCUT2D eigenvalue weighted by Gasteiger charge is -2.15. The number of nitrogens with two attached hydrogens (primary N) is 1. The minimum atomic E-state index is -0.509. The third-order valence-corrected chi connectivity index (χ3v) is 4.37. The molecule has 0 aromatic heterocycles. The third-order valence-electron chi connectivity index (χ3n) is 4.37. The first-order valence-corrected chi connectivity index (χ1v) is 9.01. The molecular weight excluding hydrogens is 264 g/mol. The van der Waals surface area contributed by atoms with Crippen LogP contribution in [0.15, 0.2) is 0 Å². The summed E-state index contributed by atoms with van der Waals surface area (Å²) < 4.78 is 5.44. The summed E-state index contributed by atoms with van der Waals surface area (Å²) in [5, 5.41) is 13.1. The quantitative estimate of drug-likeness (QED) is 0.457. The largest absolute Gasteiger partial charge is 0.389 e. The van der Waals surface area contributed by atoms with Crippen LogP contribution in [-0.4, -0.2) is 43.1 Å². The Morgan fingerprint density at radius 3 is 2.10 bits per heavy atom. The van der Waals surface area contributed by atoms with Crippen molar-refractivity contribution in [2.24, 2.45) is 5.73 Å². The van der Waals surface area contributed by atoms with Gasteiger partial charge in [-0.25, -0.2) is 0 Å². The van der Waals surface area contributed by atoms with Crippen LogP contribution in [0.25, 0.3) is 0 Å². The summed E-state index contributed by atoms with van der Waals surface area (Å²) in [4.78, 5) is 0. The summed E-state index contributed by atoms with van der Waals surface area (Å²) >= 11 is 0. The minimum Gasteiger partial charge on any atom is -0.389 e. The summed E-state index contributed by atoms with van der Waals surface area (Å²) in [7, 11) is 0. The first-order valence-electron chi connectivity index (χ1n) is 9.01. The molecule has 0 saturated carbocycles. The number of unbranched alkanes of at least 4 members (excludes halogenated alkanes) is 9. The molecule has 0 aromatic rings. The van der Waals surface area contributed by atoms with Crippen molar-refractivity contribution in [3.63, 3.8) is 0 Å². The number of hydrogen-bond donors (Lipinski definition) is 3. The van der Waals surface area contributed by atoms with Gasteiger partial charge >= 0.3 is 0 Å². The zero-order chi connectivity index (χ0) is 15.3. The van der Waals surface area contributed by atoms with E-state index >= 15 is 0 Å². The molecule has 1 rings (SSSR count). The Hall–Kier alpha value is -0.160. The Kier molecular flexibility index (Phi) is 11.1. The normalized spacial score (nSPS) is 25.6. The molecule has 0 aromatic carbocycles. The Labute approximate surface area is 130 Å². The molecule has 4 heteroatoms. The van der Waals surface area contributed by atoms with E-state index in [1.165, 1.54) is 64.2 Å². The van der Waals surface area contributed by atoms with Gasteiger partial charge in [-0.15, -0.1) is 0 Å². The van der Waals surface area contributed by atoms with E-state index in [2.05, 4.69) is 12.2 Å². The number of aliphatic hydroxyl groups excluding tert-OH is 1. The zero-order valence-corrected chi connectivity index (χ0v) is 13.9. The molecule has 4 N–H and O–H groups in total. The summed E-state index contributed by atoms with van der Waals surface area (Å²) in [6, 6.07) is -0.214. The predicted octanol–water partition coefficient (Wildman–Crippen LogP) is 2.58. The fourth-order valence-electron chi connectivity index (χ4n) is 2.87. The maximum atomic E-state index is 9.74. The molecule has 0 unspecified atom stereocenters. The van der Waals surface area contributed by atoms with Crippen molar-refractivity contribution in [2.45, 2.75) is 89.4 Å². The summed E-state index contributed by atoms with van der Waals surface area (Å²) in [5.74, 6) is 0. The van der Waals surface area contributed by atoms with Crippen LogP contribution in [-0.2, 0) is 4.74 Å². The first-order chi connectivity index (χ1) is 10.3. The van der Waals surface area contributed by atoms with Crippen molar-refractivity contribution < 1.29 is 9.84 Å². The lowest BCUT2D eigenvalue weighted by molar-refractivity contribution is 0.0419. The monoisotopic (exact) mass is 300 g/mol. The molecule has 126 valence electrons. The smallest absolute Gasteiger partial charge is 0.0987 e. The van der Waals surface area contributed by atoms with E-state index in [0.29, 0.717) is 13.2 Å². The van der Waals surface area contributed by atoms with Crippen molar-refractivity contribution in [1.82, 2.24) is 5.32 Å². The van der Waals surface area contributed by atoms with Crippen LogP contribution in [0.5, 0.6) is 0 Å². The van der Waals surface area contributed by atoms with Gasteiger partial charge in [0.25, 0.3) is 0 Å². The SMILES string of the molecule is CCCCCCCCCCCCNC[C@@H]1OC[C@H](N)[C@@H]1O. The molecule has 0 aliphatic carbocycles. The molecule has 1 fully saturated rings. The van der Waals surface area contributed by atoms with Gasteiger partial charge in [0.2, 0.25) is 0 Å².